The first-order chi connectivity index (χ1) is 6.10. The molecule has 1 atom stereocenters. The van der Waals surface area contributed by atoms with Gasteiger partial charge in [0.2, 0.25) is 5.96 Å². The van der Waals surface area contributed by atoms with E-state index < -0.39 is 6.04 Å². The molecular weight excluding hydrogens is 174 g/mol. The molecule has 0 aromatic carbocycles. The van der Waals surface area contributed by atoms with Crippen LogP contribution in [0.3, 0.4) is 0 Å². The third kappa shape index (κ3) is 5.88. The topological polar surface area (TPSA) is 132 Å². The van der Waals surface area contributed by atoms with Crippen LogP contribution in [0.25, 0.3) is 0 Å². The zero-order chi connectivity index (χ0) is 10.3. The number of aliphatic hydroxyl groups is 1. The van der Waals surface area contributed by atoms with E-state index in [0.717, 1.165) is 0 Å². The van der Waals surface area contributed by atoms with Gasteiger partial charge in [0.15, 0.2) is 5.96 Å². The third-order valence-corrected chi connectivity index (χ3v) is 1.13. The monoisotopic (exact) mass is 189 g/mol. The Labute approximate surface area is 76.3 Å². The number of nitrogens with two attached hydrogens (primary N) is 3. The Kier molecular flexibility index (Phi) is 5.57. The van der Waals surface area contributed by atoms with Gasteiger partial charge in [-0.1, -0.05) is 0 Å². The van der Waals surface area contributed by atoms with Crippen LogP contribution >= 0.6 is 0 Å². The second kappa shape index (κ2) is 6.21. The molecule has 0 saturated heterocycles. The van der Waals surface area contributed by atoms with Gasteiger partial charge in [-0.05, 0) is 0 Å². The van der Waals surface area contributed by atoms with Crippen LogP contribution in [-0.2, 0) is 4.74 Å². The van der Waals surface area contributed by atoms with Gasteiger partial charge < -0.3 is 27.0 Å². The Bertz CT molecular complexity index is 199. The van der Waals surface area contributed by atoms with E-state index in [-0.39, 0.29) is 25.1 Å². The fourth-order valence-electron chi connectivity index (χ4n) is 0.671. The number of aliphatic hydroxyl groups excluding tert-OH is 1. The van der Waals surface area contributed by atoms with Crippen molar-refractivity contribution in [2.75, 3.05) is 20.3 Å². The van der Waals surface area contributed by atoms with Crippen LogP contribution in [-0.4, -0.2) is 43.4 Å². The Hall–Kier alpha value is -1.34. The molecule has 0 aromatic rings. The largest absolute Gasteiger partial charge is 0.394 e. The molecule has 0 bridgehead atoms. The molecule has 0 heterocycles. The molecule has 7 nitrogen and oxygen atoms in total. The smallest absolute Gasteiger partial charge is 0.218 e. The maximum Gasteiger partial charge on any atom is 0.218 e. The van der Waals surface area contributed by atoms with E-state index >= 15 is 0 Å². The van der Waals surface area contributed by atoms with E-state index in [9.17, 15) is 0 Å². The number of rotatable bonds is 4. The average Bonchev–Trinajstić information content (AvgIpc) is 2.02. The van der Waals surface area contributed by atoms with Crippen LogP contribution in [0.2, 0.25) is 0 Å². The lowest BCUT2D eigenvalue weighted by Gasteiger charge is -2.07. The number of aliphatic imine (C=N–C) groups is 2. The van der Waals surface area contributed by atoms with Crippen molar-refractivity contribution in [2.24, 2.45) is 27.2 Å². The van der Waals surface area contributed by atoms with Gasteiger partial charge in [-0.2, -0.15) is 4.99 Å². The lowest BCUT2D eigenvalue weighted by Crippen LogP contribution is -2.28. The van der Waals surface area contributed by atoms with Crippen molar-refractivity contribution in [3.05, 3.63) is 0 Å². The summed E-state index contributed by atoms with van der Waals surface area (Å²) in [7, 11) is 1.49. The summed E-state index contributed by atoms with van der Waals surface area (Å²) < 4.78 is 4.77. The van der Waals surface area contributed by atoms with Gasteiger partial charge in [-0.25, -0.2) is 4.99 Å². The second-order valence-electron chi connectivity index (χ2n) is 2.32. The summed E-state index contributed by atoms with van der Waals surface area (Å²) in [6.45, 7) is 0.0890. The predicted molar refractivity (Wildman–Crippen MR) is 50.2 cm³/mol. The van der Waals surface area contributed by atoms with Crippen molar-refractivity contribution in [3.63, 3.8) is 0 Å². The van der Waals surface area contributed by atoms with Gasteiger partial charge in [0.25, 0.3) is 0 Å². The third-order valence-electron chi connectivity index (χ3n) is 1.13. The molecule has 0 radical (unpaired) electrons. The highest BCUT2D eigenvalue weighted by Gasteiger charge is 2.04. The Morgan fingerprint density at radius 2 is 2.08 bits per heavy atom. The van der Waals surface area contributed by atoms with Crippen LogP contribution in [0, 0.1) is 0 Å². The number of methoxy groups -OCH3 is 1. The molecule has 0 spiro atoms. The molecule has 0 saturated carbocycles. The summed E-state index contributed by atoms with van der Waals surface area (Å²) >= 11 is 0. The van der Waals surface area contributed by atoms with E-state index in [0.29, 0.717) is 0 Å². The number of hydrogen-bond acceptors (Lipinski definition) is 3. The number of nitrogens with zero attached hydrogens (tertiary/aromatic N) is 2. The SMILES string of the molecule is COCC(CO)N=C(N)N=C(N)N. The van der Waals surface area contributed by atoms with Crippen molar-refractivity contribution in [1.82, 2.24) is 0 Å². The van der Waals surface area contributed by atoms with Crippen molar-refractivity contribution in [1.29, 1.82) is 0 Å². The zero-order valence-electron chi connectivity index (χ0n) is 7.47. The Morgan fingerprint density at radius 3 is 2.46 bits per heavy atom. The summed E-state index contributed by atoms with van der Waals surface area (Å²) in [5, 5.41) is 8.79. The normalized spacial score (nSPS) is 13.8. The van der Waals surface area contributed by atoms with E-state index in [1.54, 1.807) is 0 Å². The number of ether oxygens (including phenoxy) is 1. The van der Waals surface area contributed by atoms with Crippen LogP contribution < -0.4 is 17.2 Å². The minimum Gasteiger partial charge on any atom is -0.394 e. The van der Waals surface area contributed by atoms with Crippen molar-refractivity contribution in [2.45, 2.75) is 6.04 Å². The molecule has 0 aliphatic rings. The molecule has 0 aliphatic carbocycles. The fraction of sp³-hybridized carbons (Fsp3) is 0.667. The van der Waals surface area contributed by atoms with Gasteiger partial charge >= 0.3 is 0 Å². The average molecular weight is 189 g/mol. The zero-order valence-corrected chi connectivity index (χ0v) is 7.47. The summed E-state index contributed by atoms with van der Waals surface area (Å²) in [6.07, 6.45) is 0. The summed E-state index contributed by atoms with van der Waals surface area (Å²) in [5.74, 6) is -0.244. The highest BCUT2D eigenvalue weighted by molar-refractivity contribution is 5.92. The van der Waals surface area contributed by atoms with Gasteiger partial charge in [0, 0.05) is 7.11 Å². The summed E-state index contributed by atoms with van der Waals surface area (Å²) in [6, 6.07) is -0.437. The molecule has 0 amide bonds. The minimum absolute atomic E-state index is 0.0731. The van der Waals surface area contributed by atoms with Crippen LogP contribution in [0.4, 0.5) is 0 Å². The Morgan fingerprint density at radius 1 is 1.46 bits per heavy atom. The highest BCUT2D eigenvalue weighted by Crippen LogP contribution is 1.90. The molecule has 76 valence electrons. The van der Waals surface area contributed by atoms with Crippen LogP contribution in [0.15, 0.2) is 9.98 Å². The highest BCUT2D eigenvalue weighted by atomic mass is 16.5. The summed E-state index contributed by atoms with van der Waals surface area (Å²) in [5.41, 5.74) is 15.4. The molecule has 0 aromatic heterocycles. The lowest BCUT2D eigenvalue weighted by molar-refractivity contribution is 0.146. The van der Waals surface area contributed by atoms with Crippen LogP contribution in [0.1, 0.15) is 0 Å². The Balaban J connectivity index is 4.24. The van der Waals surface area contributed by atoms with Gasteiger partial charge in [0.1, 0.15) is 6.04 Å². The lowest BCUT2D eigenvalue weighted by atomic mass is 10.3. The number of hydrogen-bond donors (Lipinski definition) is 4. The first-order valence-corrected chi connectivity index (χ1v) is 3.62. The van der Waals surface area contributed by atoms with Crippen LogP contribution in [0.5, 0.6) is 0 Å². The van der Waals surface area contributed by atoms with E-state index in [2.05, 4.69) is 9.98 Å². The van der Waals surface area contributed by atoms with E-state index in [1.807, 2.05) is 0 Å². The molecule has 7 N–H and O–H groups in total. The van der Waals surface area contributed by atoms with Gasteiger partial charge in [-0.15, -0.1) is 0 Å². The van der Waals surface area contributed by atoms with Gasteiger partial charge in [-0.3, -0.25) is 0 Å². The molecule has 1 unspecified atom stereocenters. The van der Waals surface area contributed by atoms with Crippen molar-refractivity contribution in [3.8, 4) is 0 Å². The quantitative estimate of drug-likeness (QED) is 0.288. The predicted octanol–water partition coefficient (Wildman–Crippen LogP) is -2.42. The fourth-order valence-corrected chi connectivity index (χ4v) is 0.671. The van der Waals surface area contributed by atoms with Crippen molar-refractivity contribution >= 4 is 11.9 Å². The van der Waals surface area contributed by atoms with Gasteiger partial charge in [0.05, 0.1) is 13.2 Å². The molecular formula is C6H15N5O2. The molecule has 0 rings (SSSR count). The first kappa shape index (κ1) is 11.7. The minimum atomic E-state index is -0.437. The van der Waals surface area contributed by atoms with E-state index in [1.165, 1.54) is 7.11 Å². The maximum atomic E-state index is 8.79. The molecule has 13 heavy (non-hydrogen) atoms. The first-order valence-electron chi connectivity index (χ1n) is 3.62. The molecule has 0 fully saturated rings. The number of guanidine groups is 2. The maximum absolute atomic E-state index is 8.79. The summed E-state index contributed by atoms with van der Waals surface area (Å²) in [4.78, 5) is 7.28. The molecule has 0 aliphatic heterocycles. The van der Waals surface area contributed by atoms with E-state index in [4.69, 9.17) is 27.0 Å². The molecule has 7 heteroatoms. The second-order valence-corrected chi connectivity index (χ2v) is 2.32. The van der Waals surface area contributed by atoms with Crippen molar-refractivity contribution < 1.29 is 9.84 Å². The standard InChI is InChI=1S/C6H15N5O2/c1-13-3-4(2-12)10-6(9)11-5(7)8/h4,12H,2-3H2,1H3,(H6,7,8,9,10,11).